The lowest BCUT2D eigenvalue weighted by atomic mass is 10.1. The van der Waals surface area contributed by atoms with Crippen molar-refractivity contribution in [2.45, 2.75) is 18.9 Å². The van der Waals surface area contributed by atoms with Crippen molar-refractivity contribution in [3.63, 3.8) is 0 Å². The molecule has 0 aliphatic carbocycles. The van der Waals surface area contributed by atoms with E-state index < -0.39 is 14.7 Å². The summed E-state index contributed by atoms with van der Waals surface area (Å²) in [4.78, 5) is 0. The third-order valence-electron chi connectivity index (χ3n) is 2.22. The van der Waals surface area contributed by atoms with Crippen molar-refractivity contribution in [1.29, 1.82) is 10.5 Å². The van der Waals surface area contributed by atoms with Crippen LogP contribution in [0.3, 0.4) is 0 Å². The highest BCUT2D eigenvalue weighted by Crippen LogP contribution is 2.18. The van der Waals surface area contributed by atoms with Gasteiger partial charge in [0.25, 0.3) is 0 Å². The normalized spacial score (nSPS) is 11.1. The van der Waals surface area contributed by atoms with Crippen LogP contribution in [0.1, 0.15) is 12.8 Å². The molecule has 0 bridgehead atoms. The second-order valence-corrected chi connectivity index (χ2v) is 6.09. The minimum Gasteiger partial charge on any atom is -0.377 e. The standard InChI is InChI=1S/C9H16N2O3Si/c1-12-15(13-2,14-3)6-4-5-9(7-10)8-11/h9H,4-6H2,1-3H3. The van der Waals surface area contributed by atoms with Gasteiger partial charge in [0.05, 0.1) is 12.1 Å². The van der Waals surface area contributed by atoms with Crippen molar-refractivity contribution in [2.24, 2.45) is 5.92 Å². The molecule has 0 heterocycles. The van der Waals surface area contributed by atoms with E-state index in [9.17, 15) is 0 Å². The Kier molecular flexibility index (Phi) is 6.93. The van der Waals surface area contributed by atoms with Crippen molar-refractivity contribution < 1.29 is 13.3 Å². The molecule has 0 saturated heterocycles. The molecule has 0 atom stereocenters. The van der Waals surface area contributed by atoms with Crippen molar-refractivity contribution in [3.05, 3.63) is 0 Å². The van der Waals surface area contributed by atoms with Crippen molar-refractivity contribution in [1.82, 2.24) is 0 Å². The van der Waals surface area contributed by atoms with E-state index in [0.717, 1.165) is 0 Å². The van der Waals surface area contributed by atoms with Gasteiger partial charge in [0.15, 0.2) is 0 Å². The van der Waals surface area contributed by atoms with Gasteiger partial charge in [-0.3, -0.25) is 0 Å². The number of nitrogens with zero attached hydrogens (tertiary/aromatic N) is 2. The molecule has 0 saturated carbocycles. The van der Waals surface area contributed by atoms with E-state index in [1.165, 1.54) is 0 Å². The first-order chi connectivity index (χ1) is 7.17. The Labute approximate surface area is 91.5 Å². The molecule has 5 nitrogen and oxygen atoms in total. The highest BCUT2D eigenvalue weighted by Gasteiger charge is 2.37. The van der Waals surface area contributed by atoms with Crippen LogP contribution in [0.2, 0.25) is 6.04 Å². The molecule has 0 aliphatic heterocycles. The Morgan fingerprint density at radius 2 is 1.53 bits per heavy atom. The SMILES string of the molecule is CO[Si](CCCC(C#N)C#N)(OC)OC. The fourth-order valence-electron chi connectivity index (χ4n) is 1.24. The summed E-state index contributed by atoms with van der Waals surface area (Å²) in [6.45, 7) is 0. The first kappa shape index (κ1) is 14.1. The maximum atomic E-state index is 8.57. The Morgan fingerprint density at radius 1 is 1.07 bits per heavy atom. The van der Waals surface area contributed by atoms with Gasteiger partial charge < -0.3 is 13.3 Å². The molecule has 0 amide bonds. The lowest BCUT2D eigenvalue weighted by Gasteiger charge is -2.24. The smallest absolute Gasteiger partial charge is 0.377 e. The van der Waals surface area contributed by atoms with Gasteiger partial charge in [0.1, 0.15) is 5.92 Å². The summed E-state index contributed by atoms with van der Waals surface area (Å²) in [6, 6.07) is 4.47. The topological polar surface area (TPSA) is 75.3 Å². The van der Waals surface area contributed by atoms with Gasteiger partial charge in [0.2, 0.25) is 0 Å². The summed E-state index contributed by atoms with van der Waals surface area (Å²) in [6.07, 6.45) is 1.21. The minimum atomic E-state index is -2.53. The Hall–Kier alpha value is -0.923. The summed E-state index contributed by atoms with van der Waals surface area (Å²) in [5.74, 6) is -0.553. The van der Waals surface area contributed by atoms with Crippen LogP contribution >= 0.6 is 0 Å². The average molecular weight is 228 g/mol. The second-order valence-electron chi connectivity index (χ2n) is 3.00. The lowest BCUT2D eigenvalue weighted by molar-refractivity contribution is 0.122. The van der Waals surface area contributed by atoms with E-state index in [1.54, 1.807) is 21.3 Å². The maximum Gasteiger partial charge on any atom is 0.500 e. The maximum absolute atomic E-state index is 8.57. The monoisotopic (exact) mass is 228 g/mol. The van der Waals surface area contributed by atoms with Gasteiger partial charge in [-0.25, -0.2) is 0 Å². The van der Waals surface area contributed by atoms with Crippen LogP contribution < -0.4 is 0 Å². The average Bonchev–Trinajstić information content (AvgIpc) is 2.31. The third-order valence-corrected chi connectivity index (χ3v) is 5.05. The van der Waals surface area contributed by atoms with Gasteiger partial charge in [0, 0.05) is 27.4 Å². The third kappa shape index (κ3) is 4.41. The van der Waals surface area contributed by atoms with Gasteiger partial charge in [-0.2, -0.15) is 10.5 Å². The Morgan fingerprint density at radius 3 is 1.87 bits per heavy atom. The summed E-state index contributed by atoms with van der Waals surface area (Å²) in [7, 11) is 2.11. The molecule has 6 heteroatoms. The fourth-order valence-corrected chi connectivity index (χ4v) is 2.99. The van der Waals surface area contributed by atoms with Gasteiger partial charge in [-0.15, -0.1) is 0 Å². The number of rotatable bonds is 7. The molecule has 0 aromatic heterocycles. The molecule has 0 N–H and O–H groups in total. The van der Waals surface area contributed by atoms with Crippen LogP contribution in [0.5, 0.6) is 0 Å². The zero-order valence-corrected chi connectivity index (χ0v) is 10.3. The van der Waals surface area contributed by atoms with Gasteiger partial charge in [-0.05, 0) is 12.8 Å². The molecule has 0 aromatic rings. The van der Waals surface area contributed by atoms with Crippen LogP contribution in [0.25, 0.3) is 0 Å². The predicted molar refractivity (Wildman–Crippen MR) is 55.5 cm³/mol. The van der Waals surface area contributed by atoms with E-state index in [4.69, 9.17) is 23.8 Å². The molecular weight excluding hydrogens is 212 g/mol. The van der Waals surface area contributed by atoms with Crippen molar-refractivity contribution in [3.8, 4) is 12.1 Å². The van der Waals surface area contributed by atoms with Crippen molar-refractivity contribution >= 4 is 8.80 Å². The number of hydrogen-bond acceptors (Lipinski definition) is 5. The first-order valence-electron chi connectivity index (χ1n) is 4.62. The van der Waals surface area contributed by atoms with Gasteiger partial charge >= 0.3 is 8.80 Å². The molecule has 15 heavy (non-hydrogen) atoms. The Balaban J connectivity index is 4.03. The molecule has 0 aromatic carbocycles. The summed E-state index contributed by atoms with van der Waals surface area (Å²) < 4.78 is 15.6. The largest absolute Gasteiger partial charge is 0.500 e. The number of hydrogen-bond donors (Lipinski definition) is 0. The Bertz CT molecular complexity index is 233. The van der Waals surface area contributed by atoms with Crippen LogP contribution in [0, 0.1) is 28.6 Å². The van der Waals surface area contributed by atoms with Crippen molar-refractivity contribution in [2.75, 3.05) is 21.3 Å². The lowest BCUT2D eigenvalue weighted by Crippen LogP contribution is -2.42. The van der Waals surface area contributed by atoms with E-state index in [0.29, 0.717) is 18.9 Å². The predicted octanol–water partition coefficient (Wildman–Crippen LogP) is 1.31. The molecular formula is C9H16N2O3Si. The van der Waals surface area contributed by atoms with Crippen LogP contribution in [-0.4, -0.2) is 30.1 Å². The van der Waals surface area contributed by atoms with E-state index >= 15 is 0 Å². The van der Waals surface area contributed by atoms with E-state index in [2.05, 4.69) is 0 Å². The molecule has 0 fully saturated rings. The van der Waals surface area contributed by atoms with Gasteiger partial charge in [-0.1, -0.05) is 0 Å². The number of nitriles is 2. The molecule has 84 valence electrons. The summed E-state index contributed by atoms with van der Waals surface area (Å²) in [5, 5.41) is 17.1. The van der Waals surface area contributed by atoms with Crippen LogP contribution in [0.15, 0.2) is 0 Å². The molecule has 0 spiro atoms. The molecule has 0 radical (unpaired) electrons. The van der Waals surface area contributed by atoms with Crippen LogP contribution in [-0.2, 0) is 13.3 Å². The summed E-state index contributed by atoms with van der Waals surface area (Å²) >= 11 is 0. The fraction of sp³-hybridized carbons (Fsp3) is 0.778. The zero-order valence-electron chi connectivity index (χ0n) is 9.32. The molecule has 0 unspecified atom stereocenters. The second kappa shape index (κ2) is 7.38. The summed E-state index contributed by atoms with van der Waals surface area (Å²) in [5.41, 5.74) is 0. The zero-order chi connectivity index (χ0) is 11.7. The molecule has 0 aliphatic rings. The first-order valence-corrected chi connectivity index (χ1v) is 6.56. The van der Waals surface area contributed by atoms with E-state index in [1.807, 2.05) is 12.1 Å². The highest BCUT2D eigenvalue weighted by molar-refractivity contribution is 6.60. The minimum absolute atomic E-state index is 0.526. The highest BCUT2D eigenvalue weighted by atomic mass is 28.4. The van der Waals surface area contributed by atoms with Crippen LogP contribution in [0.4, 0.5) is 0 Å². The quantitative estimate of drug-likeness (QED) is 0.614. The van der Waals surface area contributed by atoms with E-state index in [-0.39, 0.29) is 0 Å². The molecule has 0 rings (SSSR count).